The van der Waals surface area contributed by atoms with Crippen LogP contribution in [0.25, 0.3) is 0 Å². The predicted octanol–water partition coefficient (Wildman–Crippen LogP) is 1.05. The summed E-state index contributed by atoms with van der Waals surface area (Å²) in [5.74, 6) is -1.87. The highest BCUT2D eigenvalue weighted by Crippen LogP contribution is 2.08. The van der Waals surface area contributed by atoms with E-state index in [9.17, 15) is 9.59 Å². The molecule has 0 saturated carbocycles. The fourth-order valence-electron chi connectivity index (χ4n) is 0.491. The number of carboxylic acids is 1. The Balaban J connectivity index is 4.08. The Morgan fingerprint density at radius 1 is 1.62 bits per heavy atom. The molecule has 0 bridgehead atoms. The highest BCUT2D eigenvalue weighted by atomic mass is 32.2. The SMILES string of the molecule is C=CC=CC(=O)OC(SC)C(=O)O. The Bertz CT molecular complexity index is 234. The van der Waals surface area contributed by atoms with Gasteiger partial charge < -0.3 is 9.84 Å². The van der Waals surface area contributed by atoms with E-state index in [-0.39, 0.29) is 0 Å². The summed E-state index contributed by atoms with van der Waals surface area (Å²) in [4.78, 5) is 21.2. The molecule has 1 unspecified atom stereocenters. The normalized spacial score (nSPS) is 12.4. The van der Waals surface area contributed by atoms with Gasteiger partial charge in [0.1, 0.15) is 0 Å². The molecule has 0 aromatic rings. The molecule has 72 valence electrons. The molecular weight excluding hydrogens is 192 g/mol. The number of aliphatic carboxylic acids is 1. The zero-order valence-corrected chi connectivity index (χ0v) is 7.91. The lowest BCUT2D eigenvalue weighted by Crippen LogP contribution is -2.22. The quantitative estimate of drug-likeness (QED) is 0.312. The van der Waals surface area contributed by atoms with Gasteiger partial charge in [-0.3, -0.25) is 0 Å². The van der Waals surface area contributed by atoms with Crippen molar-refractivity contribution in [2.45, 2.75) is 5.44 Å². The topological polar surface area (TPSA) is 63.6 Å². The minimum Gasteiger partial charge on any atom is -0.478 e. The first-order chi connectivity index (χ1) is 6.11. The van der Waals surface area contributed by atoms with Crippen molar-refractivity contribution in [3.8, 4) is 0 Å². The first-order valence-corrected chi connectivity index (χ1v) is 4.66. The van der Waals surface area contributed by atoms with Crippen molar-refractivity contribution in [3.05, 3.63) is 24.8 Å². The lowest BCUT2D eigenvalue weighted by molar-refractivity contribution is -0.154. The summed E-state index contributed by atoms with van der Waals surface area (Å²) in [7, 11) is 0. The van der Waals surface area contributed by atoms with Crippen LogP contribution in [0.2, 0.25) is 0 Å². The van der Waals surface area contributed by atoms with Gasteiger partial charge in [0.2, 0.25) is 5.44 Å². The molecule has 0 spiro atoms. The van der Waals surface area contributed by atoms with Crippen molar-refractivity contribution in [3.63, 3.8) is 0 Å². The van der Waals surface area contributed by atoms with Crippen LogP contribution in [0.5, 0.6) is 0 Å². The molecule has 0 saturated heterocycles. The van der Waals surface area contributed by atoms with Gasteiger partial charge in [0.05, 0.1) is 0 Å². The molecular formula is C8H10O4S. The van der Waals surface area contributed by atoms with Crippen molar-refractivity contribution in [2.75, 3.05) is 6.26 Å². The number of thioether (sulfide) groups is 1. The Morgan fingerprint density at radius 2 is 2.23 bits per heavy atom. The predicted molar refractivity (Wildman–Crippen MR) is 50.4 cm³/mol. The highest BCUT2D eigenvalue weighted by Gasteiger charge is 2.18. The van der Waals surface area contributed by atoms with E-state index in [0.29, 0.717) is 0 Å². The molecule has 0 aliphatic carbocycles. The van der Waals surface area contributed by atoms with E-state index in [4.69, 9.17) is 5.11 Å². The first-order valence-electron chi connectivity index (χ1n) is 3.37. The second-order valence-corrected chi connectivity index (χ2v) is 2.84. The van der Waals surface area contributed by atoms with Crippen LogP contribution in [0, 0.1) is 0 Å². The molecule has 5 heteroatoms. The molecule has 0 aromatic carbocycles. The molecule has 13 heavy (non-hydrogen) atoms. The highest BCUT2D eigenvalue weighted by molar-refractivity contribution is 7.99. The number of esters is 1. The van der Waals surface area contributed by atoms with E-state index in [2.05, 4.69) is 11.3 Å². The summed E-state index contributed by atoms with van der Waals surface area (Å²) in [5.41, 5.74) is -1.15. The van der Waals surface area contributed by atoms with Crippen LogP contribution in [-0.4, -0.2) is 28.7 Å². The Hall–Kier alpha value is -1.23. The van der Waals surface area contributed by atoms with E-state index in [1.165, 1.54) is 12.2 Å². The van der Waals surface area contributed by atoms with Crippen molar-refractivity contribution in [1.29, 1.82) is 0 Å². The van der Waals surface area contributed by atoms with E-state index in [0.717, 1.165) is 17.8 Å². The molecule has 4 nitrogen and oxygen atoms in total. The van der Waals surface area contributed by atoms with Crippen LogP contribution in [0.15, 0.2) is 24.8 Å². The molecule has 0 aliphatic rings. The van der Waals surface area contributed by atoms with Crippen LogP contribution in [0.4, 0.5) is 0 Å². The maximum atomic E-state index is 10.8. The second-order valence-electron chi connectivity index (χ2n) is 1.94. The van der Waals surface area contributed by atoms with E-state index in [1.54, 1.807) is 6.26 Å². The first kappa shape index (κ1) is 11.8. The number of hydrogen-bond acceptors (Lipinski definition) is 4. The van der Waals surface area contributed by atoms with Gasteiger partial charge in [0, 0.05) is 6.08 Å². The number of allylic oxidation sites excluding steroid dienone is 2. The maximum absolute atomic E-state index is 10.8. The van der Waals surface area contributed by atoms with Gasteiger partial charge >= 0.3 is 11.9 Å². The van der Waals surface area contributed by atoms with Gasteiger partial charge in [0.15, 0.2) is 0 Å². The molecule has 0 radical (unpaired) electrons. The van der Waals surface area contributed by atoms with Gasteiger partial charge in [-0.15, -0.1) is 11.8 Å². The monoisotopic (exact) mass is 202 g/mol. The summed E-state index contributed by atoms with van der Waals surface area (Å²) in [5, 5.41) is 8.51. The van der Waals surface area contributed by atoms with E-state index in [1.807, 2.05) is 0 Å². The van der Waals surface area contributed by atoms with Crippen molar-refractivity contribution < 1.29 is 19.4 Å². The fraction of sp³-hybridized carbons (Fsp3) is 0.250. The third-order valence-corrected chi connectivity index (χ3v) is 1.73. The number of carbonyl (C=O) groups is 2. The van der Waals surface area contributed by atoms with Gasteiger partial charge in [-0.25, -0.2) is 9.59 Å². The Kier molecular flexibility index (Phi) is 5.71. The third-order valence-electron chi connectivity index (χ3n) is 1.01. The van der Waals surface area contributed by atoms with Crippen LogP contribution < -0.4 is 0 Å². The molecule has 0 amide bonds. The summed E-state index contributed by atoms with van der Waals surface area (Å²) >= 11 is 0.937. The van der Waals surface area contributed by atoms with Crippen molar-refractivity contribution in [2.24, 2.45) is 0 Å². The van der Waals surface area contributed by atoms with Crippen molar-refractivity contribution in [1.82, 2.24) is 0 Å². The number of ether oxygens (including phenoxy) is 1. The lowest BCUT2D eigenvalue weighted by Gasteiger charge is -2.08. The summed E-state index contributed by atoms with van der Waals surface area (Å²) in [6.45, 7) is 3.35. The van der Waals surface area contributed by atoms with Gasteiger partial charge in [-0.05, 0) is 6.26 Å². The second kappa shape index (κ2) is 6.30. The molecule has 0 heterocycles. The largest absolute Gasteiger partial charge is 0.478 e. The smallest absolute Gasteiger partial charge is 0.355 e. The van der Waals surface area contributed by atoms with Crippen LogP contribution >= 0.6 is 11.8 Å². The Labute approximate surface area is 80.3 Å². The molecule has 0 rings (SSSR count). The third kappa shape index (κ3) is 5.08. The molecule has 1 N–H and O–H groups in total. The zero-order chi connectivity index (χ0) is 10.3. The number of hydrogen-bond donors (Lipinski definition) is 1. The minimum atomic E-state index is -1.17. The summed E-state index contributed by atoms with van der Waals surface area (Å²) < 4.78 is 4.55. The minimum absolute atomic E-state index is 0.693. The van der Waals surface area contributed by atoms with Crippen LogP contribution in [0.1, 0.15) is 0 Å². The molecule has 0 fully saturated rings. The van der Waals surface area contributed by atoms with Gasteiger partial charge in [-0.2, -0.15) is 0 Å². The standard InChI is InChI=1S/C8H10O4S/c1-3-4-5-6(9)12-8(13-2)7(10)11/h3-5,8H,1H2,2H3,(H,10,11). The summed E-state index contributed by atoms with van der Waals surface area (Å²) in [6, 6.07) is 0. The lowest BCUT2D eigenvalue weighted by atomic mass is 10.5. The zero-order valence-electron chi connectivity index (χ0n) is 7.10. The molecule has 0 aromatic heterocycles. The number of carboxylic acid groups (broad SMARTS) is 1. The molecule has 0 aliphatic heterocycles. The average Bonchev–Trinajstić information content (AvgIpc) is 2.10. The van der Waals surface area contributed by atoms with E-state index >= 15 is 0 Å². The van der Waals surface area contributed by atoms with Crippen LogP contribution in [-0.2, 0) is 14.3 Å². The fourth-order valence-corrected chi connectivity index (χ4v) is 0.883. The van der Waals surface area contributed by atoms with Gasteiger partial charge in [-0.1, -0.05) is 18.7 Å². The summed E-state index contributed by atoms with van der Waals surface area (Å²) in [6.07, 6.45) is 5.43. The Morgan fingerprint density at radius 3 is 2.62 bits per heavy atom. The average molecular weight is 202 g/mol. The van der Waals surface area contributed by atoms with Gasteiger partial charge in [0.25, 0.3) is 0 Å². The maximum Gasteiger partial charge on any atom is 0.355 e. The number of rotatable bonds is 5. The van der Waals surface area contributed by atoms with Crippen molar-refractivity contribution >= 4 is 23.7 Å². The number of carbonyl (C=O) groups excluding carboxylic acids is 1. The van der Waals surface area contributed by atoms with Crippen LogP contribution in [0.3, 0.4) is 0 Å². The molecule has 1 atom stereocenters. The van der Waals surface area contributed by atoms with E-state index < -0.39 is 17.4 Å².